The molecule has 4 nitrogen and oxygen atoms in total. The van der Waals surface area contributed by atoms with Crippen molar-refractivity contribution in [1.82, 2.24) is 9.80 Å². The van der Waals surface area contributed by atoms with E-state index < -0.39 is 5.97 Å². The Kier molecular flexibility index (Phi) is 5.76. The van der Waals surface area contributed by atoms with E-state index in [9.17, 15) is 4.79 Å². The molecule has 1 heterocycles. The molecule has 21 heavy (non-hydrogen) atoms. The molecule has 116 valence electrons. The Morgan fingerprint density at radius 2 is 1.57 bits per heavy atom. The number of nitrogens with zero attached hydrogens (tertiary/aromatic N) is 2. The van der Waals surface area contributed by atoms with E-state index in [4.69, 9.17) is 5.11 Å². The standard InChI is InChI=1S/C17H26N2O2/c1-14(2)12-18-7-9-19(10-8-18)13-16-5-3-15(4-6-16)11-17(20)21/h3-6,14H,7-13H2,1-2H3,(H,20,21). The maximum atomic E-state index is 10.7. The van der Waals surface area contributed by atoms with Crippen LogP contribution in [0.15, 0.2) is 24.3 Å². The summed E-state index contributed by atoms with van der Waals surface area (Å²) >= 11 is 0. The number of carbonyl (C=O) groups is 1. The van der Waals surface area contributed by atoms with Gasteiger partial charge >= 0.3 is 5.97 Å². The van der Waals surface area contributed by atoms with Gasteiger partial charge in [0.05, 0.1) is 6.42 Å². The quantitative estimate of drug-likeness (QED) is 0.871. The molecule has 0 unspecified atom stereocenters. The molecule has 0 amide bonds. The van der Waals surface area contributed by atoms with Gasteiger partial charge in [0.25, 0.3) is 0 Å². The summed E-state index contributed by atoms with van der Waals surface area (Å²) < 4.78 is 0. The van der Waals surface area contributed by atoms with Crippen LogP contribution >= 0.6 is 0 Å². The molecule has 1 aliphatic rings. The van der Waals surface area contributed by atoms with Gasteiger partial charge in [0, 0.05) is 39.3 Å². The van der Waals surface area contributed by atoms with Crippen LogP contribution in [0.2, 0.25) is 0 Å². The number of piperazine rings is 1. The molecule has 0 aromatic heterocycles. The molecule has 1 aromatic rings. The molecular weight excluding hydrogens is 264 g/mol. The average Bonchev–Trinajstić information content (AvgIpc) is 2.42. The van der Waals surface area contributed by atoms with E-state index >= 15 is 0 Å². The number of hydrogen-bond acceptors (Lipinski definition) is 3. The van der Waals surface area contributed by atoms with E-state index in [-0.39, 0.29) is 6.42 Å². The zero-order valence-corrected chi connectivity index (χ0v) is 13.1. The fraction of sp³-hybridized carbons (Fsp3) is 0.588. The highest BCUT2D eigenvalue weighted by atomic mass is 16.4. The Bertz CT molecular complexity index is 448. The second kappa shape index (κ2) is 7.57. The largest absolute Gasteiger partial charge is 0.481 e. The Morgan fingerprint density at radius 1 is 1.05 bits per heavy atom. The molecule has 0 spiro atoms. The van der Waals surface area contributed by atoms with E-state index in [1.807, 2.05) is 12.1 Å². The van der Waals surface area contributed by atoms with Crippen LogP contribution in [0.3, 0.4) is 0 Å². The number of hydrogen-bond donors (Lipinski definition) is 1. The topological polar surface area (TPSA) is 43.8 Å². The number of carboxylic acid groups (broad SMARTS) is 1. The van der Waals surface area contributed by atoms with Crippen LogP contribution in [-0.2, 0) is 17.8 Å². The third kappa shape index (κ3) is 5.48. The highest BCUT2D eigenvalue weighted by molar-refractivity contribution is 5.70. The summed E-state index contributed by atoms with van der Waals surface area (Å²) in [6, 6.07) is 7.97. The molecule has 0 atom stereocenters. The average molecular weight is 290 g/mol. The molecule has 1 saturated heterocycles. The van der Waals surface area contributed by atoms with Crippen LogP contribution in [0.1, 0.15) is 25.0 Å². The van der Waals surface area contributed by atoms with Crippen LogP contribution in [0, 0.1) is 5.92 Å². The Labute approximate surface area is 127 Å². The van der Waals surface area contributed by atoms with Crippen molar-refractivity contribution in [2.24, 2.45) is 5.92 Å². The molecule has 1 aliphatic heterocycles. The van der Waals surface area contributed by atoms with Crippen LogP contribution in [-0.4, -0.2) is 53.6 Å². The van der Waals surface area contributed by atoms with Gasteiger partial charge in [-0.05, 0) is 17.0 Å². The molecular formula is C17H26N2O2. The van der Waals surface area contributed by atoms with Crippen LogP contribution in [0.4, 0.5) is 0 Å². The second-order valence-corrected chi connectivity index (χ2v) is 6.36. The molecule has 4 heteroatoms. The summed E-state index contributed by atoms with van der Waals surface area (Å²) in [5, 5.41) is 8.77. The summed E-state index contributed by atoms with van der Waals surface area (Å²) in [7, 11) is 0. The summed E-state index contributed by atoms with van der Waals surface area (Å²) in [6.45, 7) is 11.2. The lowest BCUT2D eigenvalue weighted by atomic mass is 10.1. The van der Waals surface area contributed by atoms with Crippen molar-refractivity contribution in [3.05, 3.63) is 35.4 Å². The second-order valence-electron chi connectivity index (χ2n) is 6.36. The SMILES string of the molecule is CC(C)CN1CCN(Cc2ccc(CC(=O)O)cc2)CC1. The fourth-order valence-corrected chi connectivity index (χ4v) is 2.84. The summed E-state index contributed by atoms with van der Waals surface area (Å²) in [5.74, 6) is -0.0395. The van der Waals surface area contributed by atoms with Crippen molar-refractivity contribution >= 4 is 5.97 Å². The van der Waals surface area contributed by atoms with Crippen molar-refractivity contribution < 1.29 is 9.90 Å². The van der Waals surface area contributed by atoms with E-state index in [0.29, 0.717) is 0 Å². The van der Waals surface area contributed by atoms with E-state index in [1.54, 1.807) is 0 Å². The van der Waals surface area contributed by atoms with Gasteiger partial charge < -0.3 is 10.0 Å². The maximum absolute atomic E-state index is 10.7. The summed E-state index contributed by atoms with van der Waals surface area (Å²) in [5.41, 5.74) is 2.13. The van der Waals surface area contributed by atoms with Gasteiger partial charge in [-0.3, -0.25) is 9.69 Å². The lowest BCUT2D eigenvalue weighted by Gasteiger charge is -2.35. The van der Waals surface area contributed by atoms with Gasteiger partial charge in [0.1, 0.15) is 0 Å². The summed E-state index contributed by atoms with van der Waals surface area (Å²) in [4.78, 5) is 15.7. The van der Waals surface area contributed by atoms with Gasteiger partial charge in [-0.1, -0.05) is 38.1 Å². The Morgan fingerprint density at radius 3 is 2.10 bits per heavy atom. The predicted molar refractivity (Wildman–Crippen MR) is 84.3 cm³/mol. The monoisotopic (exact) mass is 290 g/mol. The van der Waals surface area contributed by atoms with Crippen molar-refractivity contribution in [1.29, 1.82) is 0 Å². The Balaban J connectivity index is 1.79. The molecule has 0 aliphatic carbocycles. The highest BCUT2D eigenvalue weighted by Gasteiger charge is 2.17. The first-order chi connectivity index (χ1) is 10.0. The van der Waals surface area contributed by atoms with Crippen molar-refractivity contribution in [3.63, 3.8) is 0 Å². The third-order valence-corrected chi connectivity index (χ3v) is 3.87. The molecule has 1 aromatic carbocycles. The number of carboxylic acids is 1. The van der Waals surface area contributed by atoms with Crippen molar-refractivity contribution in [3.8, 4) is 0 Å². The minimum absolute atomic E-state index is 0.105. The number of aliphatic carboxylic acids is 1. The number of benzene rings is 1. The van der Waals surface area contributed by atoms with E-state index in [0.717, 1.165) is 44.2 Å². The molecule has 2 rings (SSSR count). The lowest BCUT2D eigenvalue weighted by molar-refractivity contribution is -0.136. The molecule has 1 N–H and O–H groups in total. The molecule has 0 saturated carbocycles. The van der Waals surface area contributed by atoms with Crippen molar-refractivity contribution in [2.45, 2.75) is 26.8 Å². The van der Waals surface area contributed by atoms with Gasteiger partial charge in [-0.25, -0.2) is 0 Å². The van der Waals surface area contributed by atoms with E-state index in [1.165, 1.54) is 12.1 Å². The van der Waals surface area contributed by atoms with E-state index in [2.05, 4.69) is 35.8 Å². The molecule has 0 radical (unpaired) electrons. The van der Waals surface area contributed by atoms with Gasteiger partial charge in [0.2, 0.25) is 0 Å². The van der Waals surface area contributed by atoms with Crippen molar-refractivity contribution in [2.75, 3.05) is 32.7 Å². The summed E-state index contributed by atoms with van der Waals surface area (Å²) in [6.07, 6.45) is 0.105. The fourth-order valence-electron chi connectivity index (χ4n) is 2.84. The molecule has 1 fully saturated rings. The zero-order chi connectivity index (χ0) is 15.2. The van der Waals surface area contributed by atoms with Crippen LogP contribution < -0.4 is 0 Å². The maximum Gasteiger partial charge on any atom is 0.307 e. The predicted octanol–water partition coefficient (Wildman–Crippen LogP) is 2.09. The minimum atomic E-state index is -0.774. The van der Waals surface area contributed by atoms with Crippen LogP contribution in [0.5, 0.6) is 0 Å². The lowest BCUT2D eigenvalue weighted by Crippen LogP contribution is -2.46. The first kappa shape index (κ1) is 16.0. The smallest absolute Gasteiger partial charge is 0.307 e. The highest BCUT2D eigenvalue weighted by Crippen LogP contribution is 2.11. The Hall–Kier alpha value is -1.39. The zero-order valence-electron chi connectivity index (χ0n) is 13.1. The molecule has 0 bridgehead atoms. The van der Waals surface area contributed by atoms with Gasteiger partial charge in [0.15, 0.2) is 0 Å². The van der Waals surface area contributed by atoms with Gasteiger partial charge in [-0.15, -0.1) is 0 Å². The normalized spacial score (nSPS) is 17.3. The first-order valence-corrected chi connectivity index (χ1v) is 7.77. The third-order valence-electron chi connectivity index (χ3n) is 3.87. The first-order valence-electron chi connectivity index (χ1n) is 7.77. The van der Waals surface area contributed by atoms with Crippen LogP contribution in [0.25, 0.3) is 0 Å². The van der Waals surface area contributed by atoms with Gasteiger partial charge in [-0.2, -0.15) is 0 Å². The number of rotatable bonds is 6. The minimum Gasteiger partial charge on any atom is -0.481 e.